The van der Waals surface area contributed by atoms with Crippen LogP contribution in [0.2, 0.25) is 0 Å². The third-order valence-corrected chi connectivity index (χ3v) is 4.36. The van der Waals surface area contributed by atoms with E-state index < -0.39 is 0 Å². The summed E-state index contributed by atoms with van der Waals surface area (Å²) in [4.78, 5) is 18.7. The summed E-state index contributed by atoms with van der Waals surface area (Å²) in [5.74, 6) is 1.34. The monoisotopic (exact) mass is 309 g/mol. The summed E-state index contributed by atoms with van der Waals surface area (Å²) in [6.45, 7) is 11.9. The highest BCUT2D eigenvalue weighted by Gasteiger charge is 2.31. The molecule has 126 valence electrons. The van der Waals surface area contributed by atoms with Gasteiger partial charge in [-0.25, -0.2) is 4.99 Å². The Hall–Kier alpha value is -1.30. The van der Waals surface area contributed by atoms with Crippen LogP contribution in [-0.4, -0.2) is 61.1 Å². The van der Waals surface area contributed by atoms with E-state index in [2.05, 4.69) is 46.6 Å². The summed E-state index contributed by atoms with van der Waals surface area (Å²) in [7, 11) is 0. The van der Waals surface area contributed by atoms with E-state index in [1.54, 1.807) is 0 Å². The zero-order chi connectivity index (χ0) is 16.1. The molecule has 22 heavy (non-hydrogen) atoms. The molecule has 6 nitrogen and oxygen atoms in total. The van der Waals surface area contributed by atoms with E-state index in [1.807, 2.05) is 6.92 Å². The number of nitrogens with zero attached hydrogens (tertiary/aromatic N) is 2. The number of nitrogens with one attached hydrogen (secondary N) is 3. The van der Waals surface area contributed by atoms with Gasteiger partial charge >= 0.3 is 0 Å². The van der Waals surface area contributed by atoms with Gasteiger partial charge in [0.1, 0.15) is 6.54 Å². The fraction of sp³-hybridized carbons (Fsp3) is 0.875. The first-order valence-electron chi connectivity index (χ1n) is 8.57. The van der Waals surface area contributed by atoms with Crippen molar-refractivity contribution in [3.63, 3.8) is 0 Å². The molecule has 2 unspecified atom stereocenters. The zero-order valence-electron chi connectivity index (χ0n) is 14.4. The number of carbonyl (C=O) groups excluding carboxylic acids is 1. The van der Waals surface area contributed by atoms with Crippen LogP contribution in [0.15, 0.2) is 4.99 Å². The number of amides is 1. The van der Waals surface area contributed by atoms with Gasteiger partial charge in [-0.1, -0.05) is 6.92 Å². The van der Waals surface area contributed by atoms with Gasteiger partial charge in [0.2, 0.25) is 5.91 Å². The Balaban J connectivity index is 1.85. The minimum absolute atomic E-state index is 0.0166. The molecule has 2 atom stereocenters. The van der Waals surface area contributed by atoms with Crippen molar-refractivity contribution in [2.75, 3.05) is 26.2 Å². The molecule has 0 radical (unpaired) electrons. The van der Waals surface area contributed by atoms with E-state index in [9.17, 15) is 4.79 Å². The molecule has 0 aromatic rings. The SMILES string of the molecule is CCNC(=NCC(=O)NC1CC1)NC1CN(C(C)C)CC1C. The molecule has 0 spiro atoms. The Morgan fingerprint density at radius 1 is 1.27 bits per heavy atom. The van der Waals surface area contributed by atoms with Crippen LogP contribution < -0.4 is 16.0 Å². The van der Waals surface area contributed by atoms with Crippen LogP contribution in [0.1, 0.15) is 40.5 Å². The van der Waals surface area contributed by atoms with Crippen molar-refractivity contribution in [2.45, 2.75) is 58.7 Å². The minimum atomic E-state index is 0.0166. The third kappa shape index (κ3) is 5.16. The fourth-order valence-corrected chi connectivity index (χ4v) is 2.76. The van der Waals surface area contributed by atoms with Gasteiger partial charge in [-0.15, -0.1) is 0 Å². The molecule has 1 amide bonds. The standard InChI is InChI=1S/C16H31N5O/c1-5-17-16(18-8-15(22)19-13-6-7-13)20-14-10-21(11(2)3)9-12(14)4/h11-14H,5-10H2,1-4H3,(H,19,22)(H2,17,18,20). The Morgan fingerprint density at radius 3 is 2.55 bits per heavy atom. The van der Waals surface area contributed by atoms with E-state index >= 15 is 0 Å². The topological polar surface area (TPSA) is 68.8 Å². The van der Waals surface area contributed by atoms with Gasteiger partial charge in [0.05, 0.1) is 0 Å². The smallest absolute Gasteiger partial charge is 0.242 e. The van der Waals surface area contributed by atoms with Gasteiger partial charge in [0.15, 0.2) is 5.96 Å². The molecule has 3 N–H and O–H groups in total. The Bertz CT molecular complexity index is 405. The number of likely N-dealkylation sites (tertiary alicyclic amines) is 1. The van der Waals surface area contributed by atoms with Crippen LogP contribution in [0.4, 0.5) is 0 Å². The second kappa shape index (κ2) is 7.81. The van der Waals surface area contributed by atoms with Crippen LogP contribution >= 0.6 is 0 Å². The van der Waals surface area contributed by atoms with Crippen molar-refractivity contribution in [1.82, 2.24) is 20.9 Å². The fourth-order valence-electron chi connectivity index (χ4n) is 2.76. The summed E-state index contributed by atoms with van der Waals surface area (Å²) in [5, 5.41) is 9.70. The molecule has 2 aliphatic rings. The van der Waals surface area contributed by atoms with E-state index in [1.165, 1.54) is 0 Å². The Labute approximate surface area is 134 Å². The van der Waals surface area contributed by atoms with Crippen LogP contribution in [0.3, 0.4) is 0 Å². The second-order valence-electron chi connectivity index (χ2n) is 6.81. The number of guanidine groups is 1. The lowest BCUT2D eigenvalue weighted by atomic mass is 10.1. The largest absolute Gasteiger partial charge is 0.357 e. The lowest BCUT2D eigenvalue weighted by molar-refractivity contribution is -0.119. The molecular formula is C16H31N5O. The van der Waals surface area contributed by atoms with Crippen molar-refractivity contribution in [2.24, 2.45) is 10.9 Å². The number of rotatable bonds is 6. The quantitative estimate of drug-likeness (QED) is 0.495. The molecular weight excluding hydrogens is 278 g/mol. The van der Waals surface area contributed by atoms with Gasteiger partial charge < -0.3 is 16.0 Å². The lowest BCUT2D eigenvalue weighted by Gasteiger charge is -2.21. The molecule has 1 aliphatic heterocycles. The summed E-state index contributed by atoms with van der Waals surface area (Å²) < 4.78 is 0. The van der Waals surface area contributed by atoms with Crippen molar-refractivity contribution in [1.29, 1.82) is 0 Å². The van der Waals surface area contributed by atoms with Gasteiger partial charge in [-0.05, 0) is 39.5 Å². The maximum atomic E-state index is 11.8. The molecule has 1 saturated carbocycles. The van der Waals surface area contributed by atoms with E-state index in [0.29, 0.717) is 24.0 Å². The molecule has 6 heteroatoms. The normalized spacial score (nSPS) is 26.3. The number of aliphatic imine (C=N–C) groups is 1. The van der Waals surface area contributed by atoms with Gasteiger partial charge in [-0.2, -0.15) is 0 Å². The van der Waals surface area contributed by atoms with Crippen LogP contribution in [0.5, 0.6) is 0 Å². The first-order valence-corrected chi connectivity index (χ1v) is 8.57. The zero-order valence-corrected chi connectivity index (χ0v) is 14.4. The van der Waals surface area contributed by atoms with E-state index in [0.717, 1.165) is 38.4 Å². The van der Waals surface area contributed by atoms with Crippen molar-refractivity contribution < 1.29 is 4.79 Å². The highest BCUT2D eigenvalue weighted by molar-refractivity contribution is 5.85. The first-order chi connectivity index (χ1) is 10.5. The first kappa shape index (κ1) is 17.1. The highest BCUT2D eigenvalue weighted by Crippen LogP contribution is 2.19. The summed E-state index contributed by atoms with van der Waals surface area (Å²) in [6, 6.07) is 1.34. The predicted octanol–water partition coefficient (Wildman–Crippen LogP) is 0.549. The van der Waals surface area contributed by atoms with Crippen LogP contribution in [0, 0.1) is 5.92 Å². The minimum Gasteiger partial charge on any atom is -0.357 e. The molecule has 1 aliphatic carbocycles. The number of carbonyl (C=O) groups is 1. The van der Waals surface area contributed by atoms with Crippen LogP contribution in [0.25, 0.3) is 0 Å². The summed E-state index contributed by atoms with van der Waals surface area (Å²) in [5.41, 5.74) is 0. The van der Waals surface area contributed by atoms with Gasteiger partial charge in [-0.3, -0.25) is 9.69 Å². The Kier molecular flexibility index (Phi) is 6.06. The lowest BCUT2D eigenvalue weighted by Crippen LogP contribution is -2.47. The molecule has 1 saturated heterocycles. The molecule has 2 fully saturated rings. The van der Waals surface area contributed by atoms with E-state index in [4.69, 9.17) is 0 Å². The average molecular weight is 309 g/mol. The van der Waals surface area contributed by atoms with Gasteiger partial charge in [0.25, 0.3) is 0 Å². The van der Waals surface area contributed by atoms with Crippen LogP contribution in [-0.2, 0) is 4.79 Å². The average Bonchev–Trinajstić information content (AvgIpc) is 3.19. The number of hydrogen-bond acceptors (Lipinski definition) is 3. The maximum Gasteiger partial charge on any atom is 0.242 e. The highest BCUT2D eigenvalue weighted by atomic mass is 16.2. The third-order valence-electron chi connectivity index (χ3n) is 4.36. The van der Waals surface area contributed by atoms with Gasteiger partial charge in [0, 0.05) is 37.8 Å². The maximum absolute atomic E-state index is 11.8. The van der Waals surface area contributed by atoms with Crippen molar-refractivity contribution >= 4 is 11.9 Å². The van der Waals surface area contributed by atoms with Crippen molar-refractivity contribution in [3.05, 3.63) is 0 Å². The summed E-state index contributed by atoms with van der Waals surface area (Å²) in [6.07, 6.45) is 2.22. The number of hydrogen-bond donors (Lipinski definition) is 3. The summed E-state index contributed by atoms with van der Waals surface area (Å²) >= 11 is 0. The Morgan fingerprint density at radius 2 is 2.00 bits per heavy atom. The van der Waals surface area contributed by atoms with E-state index in [-0.39, 0.29) is 12.5 Å². The second-order valence-corrected chi connectivity index (χ2v) is 6.81. The molecule has 0 aromatic carbocycles. The molecule has 0 bridgehead atoms. The molecule has 1 heterocycles. The molecule has 2 rings (SSSR count). The predicted molar refractivity (Wildman–Crippen MR) is 89.9 cm³/mol. The molecule has 0 aromatic heterocycles. The van der Waals surface area contributed by atoms with Crippen molar-refractivity contribution in [3.8, 4) is 0 Å².